The number of halogens is 2. The van der Waals surface area contributed by atoms with Crippen molar-refractivity contribution in [2.24, 2.45) is 0 Å². The maximum atomic E-state index is 12.8. The number of carbonyl (C=O) groups is 1. The van der Waals surface area contributed by atoms with Crippen LogP contribution in [-0.2, 0) is 36.5 Å². The average Bonchev–Trinajstić information content (AvgIpc) is 2.95. The van der Waals surface area contributed by atoms with Gasteiger partial charge in [0.15, 0.2) is 0 Å². The Kier molecular flexibility index (Phi) is 4.09. The molecule has 5 nitrogen and oxygen atoms in total. The van der Waals surface area contributed by atoms with Crippen molar-refractivity contribution < 1.29 is 50.6 Å². The van der Waals surface area contributed by atoms with Gasteiger partial charge in [-0.05, 0) is 0 Å². The molecule has 2 N–H and O–H groups in total. The number of carbonyl (C=O) groups excluding carboxylic acids is 1. The summed E-state index contributed by atoms with van der Waals surface area (Å²) in [5.74, 6) is 0.416. The van der Waals surface area contributed by atoms with Gasteiger partial charge in [0.05, 0.1) is 0 Å². The summed E-state index contributed by atoms with van der Waals surface area (Å²) in [6, 6.07) is 12.0. The number of hydrogen-bond acceptors (Lipinski definition) is 5. The van der Waals surface area contributed by atoms with E-state index in [2.05, 4.69) is 31.9 Å². The van der Waals surface area contributed by atoms with Crippen LogP contribution in [-0.4, -0.2) is 16.2 Å². The zero-order valence-corrected chi connectivity index (χ0v) is 22.8. The van der Waals surface area contributed by atoms with E-state index in [1.165, 1.54) is 12.1 Å². The molecule has 2 aliphatic heterocycles. The van der Waals surface area contributed by atoms with E-state index < -0.39 is 11.6 Å². The molecule has 0 radical (unpaired) electrons. The van der Waals surface area contributed by atoms with Gasteiger partial charge in [0.1, 0.15) is 0 Å². The summed E-state index contributed by atoms with van der Waals surface area (Å²) in [5.41, 5.74) is 1.33. The van der Waals surface area contributed by atoms with E-state index in [1.54, 1.807) is 18.2 Å². The number of phenolic OH excluding ortho intramolecular Hbond substituents is 2. The molecule has 1 unspecified atom stereocenters. The summed E-state index contributed by atoms with van der Waals surface area (Å²) < 4.78 is 14.1. The SMILES string of the molecule is O=C1OC2(c3cc(Br)c(O)cc3Oc3cc(O)c(Br)[c]([Hg])c32)c2ccccc21. The topological polar surface area (TPSA) is 76.0 Å². The van der Waals surface area contributed by atoms with Gasteiger partial charge >= 0.3 is 194 Å². The van der Waals surface area contributed by atoms with Crippen LogP contribution in [0.15, 0.2) is 51.4 Å². The number of ether oxygens (including phenoxy) is 2. The Morgan fingerprint density at radius 1 is 0.964 bits per heavy atom. The molecule has 5 rings (SSSR count). The van der Waals surface area contributed by atoms with Crippen molar-refractivity contribution in [2.75, 3.05) is 0 Å². The van der Waals surface area contributed by atoms with Gasteiger partial charge in [-0.25, -0.2) is 0 Å². The normalized spacial score (nSPS) is 18.9. The first kappa shape index (κ1) is 18.5. The van der Waals surface area contributed by atoms with Crippen LogP contribution in [0.4, 0.5) is 0 Å². The number of esters is 1. The molecule has 0 fully saturated rings. The second-order valence-electron chi connectivity index (χ2n) is 6.58. The van der Waals surface area contributed by atoms with Crippen LogP contribution >= 0.6 is 31.9 Å². The van der Waals surface area contributed by atoms with Gasteiger partial charge in [0, 0.05) is 0 Å². The van der Waals surface area contributed by atoms with Gasteiger partial charge in [-0.15, -0.1) is 0 Å². The van der Waals surface area contributed by atoms with Gasteiger partial charge in [-0.2, -0.15) is 0 Å². The summed E-state index contributed by atoms with van der Waals surface area (Å²) in [7, 11) is 0. The quantitative estimate of drug-likeness (QED) is 0.271. The minimum absolute atomic E-state index is 0.00568. The second-order valence-corrected chi connectivity index (χ2v) is 11.0. The van der Waals surface area contributed by atoms with Crippen molar-refractivity contribution in [3.8, 4) is 23.0 Å². The van der Waals surface area contributed by atoms with Crippen molar-refractivity contribution in [3.05, 3.63) is 73.7 Å². The predicted octanol–water partition coefficient (Wildman–Crippen LogP) is 4.36. The van der Waals surface area contributed by atoms with Crippen molar-refractivity contribution in [1.82, 2.24) is 0 Å². The Morgan fingerprint density at radius 3 is 2.46 bits per heavy atom. The molecule has 0 saturated heterocycles. The van der Waals surface area contributed by atoms with E-state index in [-0.39, 0.29) is 37.6 Å². The van der Waals surface area contributed by atoms with Crippen LogP contribution in [0.2, 0.25) is 0 Å². The third-order valence-electron chi connectivity index (χ3n) is 5.08. The Labute approximate surface area is 192 Å². The molecule has 135 valence electrons. The Balaban J connectivity index is 1.97. The van der Waals surface area contributed by atoms with Crippen molar-refractivity contribution in [2.45, 2.75) is 5.60 Å². The third kappa shape index (κ3) is 2.29. The minimum atomic E-state index is -1.21. The van der Waals surface area contributed by atoms with Gasteiger partial charge in [0.25, 0.3) is 0 Å². The van der Waals surface area contributed by atoms with E-state index >= 15 is 0 Å². The fourth-order valence-corrected chi connectivity index (χ4v) is 6.90. The Morgan fingerprint density at radius 2 is 1.68 bits per heavy atom. The molecule has 0 aromatic heterocycles. The molecule has 3 aromatic rings. The fourth-order valence-electron chi connectivity index (χ4n) is 3.90. The summed E-state index contributed by atoms with van der Waals surface area (Å²) in [4.78, 5) is 12.8. The number of hydrogen-bond donors (Lipinski definition) is 2. The van der Waals surface area contributed by atoms with Crippen LogP contribution in [0.1, 0.15) is 27.0 Å². The average molecular weight is 690 g/mol. The number of benzene rings is 3. The van der Waals surface area contributed by atoms with Crippen molar-refractivity contribution in [1.29, 1.82) is 0 Å². The fraction of sp³-hybridized carbons (Fsp3) is 0.0500. The number of fused-ring (bicyclic) bond motifs is 6. The van der Waals surface area contributed by atoms with Crippen LogP contribution < -0.4 is 7.81 Å². The van der Waals surface area contributed by atoms with E-state index in [1.807, 2.05) is 12.1 Å². The first-order chi connectivity index (χ1) is 13.3. The van der Waals surface area contributed by atoms with Crippen LogP contribution in [0.5, 0.6) is 23.0 Å². The van der Waals surface area contributed by atoms with Gasteiger partial charge in [-0.3, -0.25) is 0 Å². The van der Waals surface area contributed by atoms with Gasteiger partial charge < -0.3 is 0 Å². The third-order valence-corrected chi connectivity index (χ3v) is 11.4. The van der Waals surface area contributed by atoms with E-state index in [0.29, 0.717) is 42.7 Å². The van der Waals surface area contributed by atoms with Gasteiger partial charge in [-0.1, -0.05) is 0 Å². The molecule has 8 heteroatoms. The zero-order valence-electron chi connectivity index (χ0n) is 14.1. The number of rotatable bonds is 0. The maximum absolute atomic E-state index is 12.8. The molecule has 28 heavy (non-hydrogen) atoms. The summed E-state index contributed by atoms with van der Waals surface area (Å²) >= 11 is 6.89. The molecular formula is C20H9Br2HgO5. The second kappa shape index (κ2) is 6.21. The summed E-state index contributed by atoms with van der Waals surface area (Å²) in [6.07, 6.45) is 0. The predicted molar refractivity (Wildman–Crippen MR) is 103 cm³/mol. The number of phenols is 2. The molecular weight excluding hydrogens is 681 g/mol. The van der Waals surface area contributed by atoms with Crippen LogP contribution in [0, 0.1) is 0 Å². The zero-order chi connectivity index (χ0) is 19.8. The summed E-state index contributed by atoms with van der Waals surface area (Å²) in [5, 5.41) is 20.5. The van der Waals surface area contributed by atoms with Crippen molar-refractivity contribution in [3.63, 3.8) is 0 Å². The first-order valence-electron chi connectivity index (χ1n) is 8.26. The molecule has 0 amide bonds. The van der Waals surface area contributed by atoms with Crippen LogP contribution in [0.25, 0.3) is 0 Å². The van der Waals surface area contributed by atoms with E-state index in [4.69, 9.17) is 9.47 Å². The van der Waals surface area contributed by atoms with Crippen molar-refractivity contribution >= 4 is 40.9 Å². The summed E-state index contributed by atoms with van der Waals surface area (Å²) in [6.45, 7) is 0. The molecule has 0 aliphatic carbocycles. The molecule has 3 aromatic carbocycles. The molecule has 0 saturated carbocycles. The molecule has 2 aliphatic rings. The number of aromatic hydroxyl groups is 2. The molecule has 1 atom stereocenters. The van der Waals surface area contributed by atoms with Gasteiger partial charge in [0.2, 0.25) is 0 Å². The molecule has 0 bridgehead atoms. The first-order valence-corrected chi connectivity index (χ1v) is 12.6. The Hall–Kier alpha value is -1.57. The van der Waals surface area contributed by atoms with E-state index in [0.717, 1.165) is 3.07 Å². The van der Waals surface area contributed by atoms with E-state index in [9.17, 15) is 15.0 Å². The standard InChI is InChI=1S/C20H9Br2O5.Hg/c21-13-5-11-17(7-15(13)23)26-18-8-16(24)14(22)6-12(18)20(11)10-4-2-1-3-9(10)19(25)27-20;/h1-5,7-8,23-24H;. The van der Waals surface area contributed by atoms with Crippen LogP contribution in [0.3, 0.4) is 0 Å². The molecule has 1 spiro atoms. The molecule has 2 heterocycles. The monoisotopic (exact) mass is 689 g/mol. The Bertz CT molecular complexity index is 1210.